The summed E-state index contributed by atoms with van der Waals surface area (Å²) in [5.74, 6) is 2.53. The Labute approximate surface area is 151 Å². The average molecular weight is 354 g/mol. The zero-order valence-corrected chi connectivity index (χ0v) is 15.0. The van der Waals surface area contributed by atoms with E-state index in [9.17, 15) is 0 Å². The summed E-state index contributed by atoms with van der Waals surface area (Å²) in [6.45, 7) is 3.74. The highest BCUT2D eigenvalue weighted by Gasteiger charge is 2.15. The number of nitrogens with zero attached hydrogens (tertiary/aromatic N) is 5. The molecule has 26 heavy (non-hydrogen) atoms. The number of aromatic nitrogens is 4. The lowest BCUT2D eigenvalue weighted by molar-refractivity contribution is 0.122. The van der Waals surface area contributed by atoms with E-state index in [1.165, 1.54) is 0 Å². The summed E-state index contributed by atoms with van der Waals surface area (Å²) in [5, 5.41) is 3.34. The highest BCUT2D eigenvalue weighted by Crippen LogP contribution is 2.25. The van der Waals surface area contributed by atoms with E-state index in [1.807, 2.05) is 29.9 Å². The fourth-order valence-corrected chi connectivity index (χ4v) is 3.06. The number of anilines is 2. The number of hydrogen-bond acceptors (Lipinski definition) is 7. The van der Waals surface area contributed by atoms with Gasteiger partial charge in [-0.05, 0) is 0 Å². The van der Waals surface area contributed by atoms with Gasteiger partial charge in [-0.1, -0.05) is 0 Å². The first-order valence-corrected chi connectivity index (χ1v) is 8.61. The maximum Gasteiger partial charge on any atom is 0.132 e. The molecule has 1 aliphatic rings. The van der Waals surface area contributed by atoms with Crippen LogP contribution in [0.25, 0.3) is 11.0 Å². The van der Waals surface area contributed by atoms with Crippen LogP contribution in [0.4, 0.5) is 11.6 Å². The molecule has 1 saturated heterocycles. The fourth-order valence-electron chi connectivity index (χ4n) is 3.06. The monoisotopic (exact) mass is 354 g/mol. The van der Waals surface area contributed by atoms with Crippen molar-refractivity contribution in [3.63, 3.8) is 0 Å². The Balaban J connectivity index is 1.50. The molecule has 3 aromatic rings. The van der Waals surface area contributed by atoms with E-state index in [4.69, 9.17) is 9.47 Å². The zero-order valence-electron chi connectivity index (χ0n) is 15.0. The number of ether oxygens (including phenoxy) is 2. The number of methoxy groups -OCH3 is 1. The lowest BCUT2D eigenvalue weighted by atomic mass is 10.2. The van der Waals surface area contributed by atoms with Crippen LogP contribution in [-0.4, -0.2) is 52.9 Å². The number of aryl methyl sites for hydroxylation is 1. The van der Waals surface area contributed by atoms with Crippen LogP contribution in [0.15, 0.2) is 30.9 Å². The van der Waals surface area contributed by atoms with Crippen LogP contribution in [0, 0.1) is 0 Å². The number of pyridine rings is 2. The third-order valence-corrected chi connectivity index (χ3v) is 4.56. The molecule has 0 radical (unpaired) electrons. The number of hydrogen-bond donors (Lipinski definition) is 1. The topological polar surface area (TPSA) is 77.3 Å². The molecule has 8 heteroatoms. The molecule has 3 aromatic heterocycles. The Morgan fingerprint density at radius 2 is 2.00 bits per heavy atom. The van der Waals surface area contributed by atoms with Crippen LogP contribution in [0.3, 0.4) is 0 Å². The van der Waals surface area contributed by atoms with Crippen molar-refractivity contribution in [2.24, 2.45) is 7.05 Å². The summed E-state index contributed by atoms with van der Waals surface area (Å²) in [6.07, 6.45) is 5.42. The van der Waals surface area contributed by atoms with Gasteiger partial charge in [0.25, 0.3) is 0 Å². The molecule has 1 aliphatic heterocycles. The lowest BCUT2D eigenvalue weighted by Crippen LogP contribution is -2.36. The van der Waals surface area contributed by atoms with Gasteiger partial charge in [0.05, 0.1) is 38.4 Å². The van der Waals surface area contributed by atoms with Crippen LogP contribution in [0.5, 0.6) is 5.75 Å². The molecule has 0 unspecified atom stereocenters. The van der Waals surface area contributed by atoms with Gasteiger partial charge in [0.15, 0.2) is 0 Å². The minimum atomic E-state index is 0.579. The highest BCUT2D eigenvalue weighted by molar-refractivity contribution is 5.77. The van der Waals surface area contributed by atoms with Crippen molar-refractivity contribution in [3.05, 3.63) is 36.4 Å². The van der Waals surface area contributed by atoms with Crippen LogP contribution >= 0.6 is 0 Å². The molecule has 136 valence electrons. The summed E-state index contributed by atoms with van der Waals surface area (Å²) < 4.78 is 12.9. The molecule has 1 N–H and O–H groups in total. The van der Waals surface area contributed by atoms with E-state index in [0.717, 1.165) is 60.3 Å². The highest BCUT2D eigenvalue weighted by atomic mass is 16.5. The second-order valence-corrected chi connectivity index (χ2v) is 6.22. The Morgan fingerprint density at radius 1 is 1.15 bits per heavy atom. The molecule has 4 heterocycles. The molecule has 0 bridgehead atoms. The summed E-state index contributed by atoms with van der Waals surface area (Å²) in [5.41, 5.74) is 2.90. The molecule has 4 rings (SSSR count). The molecular formula is C18H22N6O2. The third kappa shape index (κ3) is 3.28. The Bertz CT molecular complexity index is 904. The van der Waals surface area contributed by atoms with E-state index in [-0.39, 0.29) is 0 Å². The molecule has 8 nitrogen and oxygen atoms in total. The Hall–Kier alpha value is -2.87. The van der Waals surface area contributed by atoms with Crippen molar-refractivity contribution in [1.29, 1.82) is 0 Å². The van der Waals surface area contributed by atoms with Gasteiger partial charge in [-0.3, -0.25) is 0 Å². The fraction of sp³-hybridized carbons (Fsp3) is 0.389. The van der Waals surface area contributed by atoms with Crippen molar-refractivity contribution in [3.8, 4) is 5.75 Å². The minimum Gasteiger partial charge on any atom is -0.496 e. The summed E-state index contributed by atoms with van der Waals surface area (Å²) in [4.78, 5) is 15.5. The number of imidazole rings is 1. The van der Waals surface area contributed by atoms with Crippen molar-refractivity contribution < 1.29 is 9.47 Å². The molecule has 0 spiro atoms. The molecule has 0 aliphatic carbocycles. The van der Waals surface area contributed by atoms with E-state index < -0.39 is 0 Å². The standard InChI is InChI=1S/C18H22N6O2/c1-23-12-22-14-11-20-17(7-15(14)23)19-9-13-10-21-18(8-16(13)25-2)24-3-5-26-6-4-24/h7-8,10-12H,3-6,9H2,1-2H3,(H,19,20). The van der Waals surface area contributed by atoms with Crippen molar-refractivity contribution in [2.75, 3.05) is 43.6 Å². The third-order valence-electron chi connectivity index (χ3n) is 4.56. The summed E-state index contributed by atoms with van der Waals surface area (Å²) in [6, 6.07) is 3.98. The maximum absolute atomic E-state index is 5.57. The molecule has 0 amide bonds. The quantitative estimate of drug-likeness (QED) is 0.749. The summed E-state index contributed by atoms with van der Waals surface area (Å²) >= 11 is 0. The van der Waals surface area contributed by atoms with Crippen LogP contribution in [0.2, 0.25) is 0 Å². The number of fused-ring (bicyclic) bond motifs is 1. The zero-order chi connectivity index (χ0) is 17.9. The van der Waals surface area contributed by atoms with Crippen LogP contribution < -0.4 is 15.0 Å². The first kappa shape index (κ1) is 16.6. The van der Waals surface area contributed by atoms with Gasteiger partial charge in [-0.2, -0.15) is 0 Å². The van der Waals surface area contributed by atoms with E-state index in [2.05, 4.69) is 25.2 Å². The van der Waals surface area contributed by atoms with Gasteiger partial charge in [0, 0.05) is 50.6 Å². The minimum absolute atomic E-state index is 0.579. The van der Waals surface area contributed by atoms with Gasteiger partial charge in [-0.15, -0.1) is 0 Å². The first-order valence-electron chi connectivity index (χ1n) is 8.61. The average Bonchev–Trinajstić information content (AvgIpc) is 3.07. The van der Waals surface area contributed by atoms with Crippen LogP contribution in [0.1, 0.15) is 5.56 Å². The first-order chi connectivity index (χ1) is 12.7. The van der Waals surface area contributed by atoms with E-state index in [1.54, 1.807) is 19.6 Å². The maximum atomic E-state index is 5.57. The Kier molecular flexibility index (Phi) is 4.57. The smallest absolute Gasteiger partial charge is 0.132 e. The van der Waals surface area contributed by atoms with E-state index in [0.29, 0.717) is 6.54 Å². The van der Waals surface area contributed by atoms with E-state index >= 15 is 0 Å². The SMILES string of the molecule is COc1cc(N2CCOCC2)ncc1CNc1cc2c(cn1)ncn2C. The molecule has 1 fully saturated rings. The summed E-state index contributed by atoms with van der Waals surface area (Å²) in [7, 11) is 3.65. The number of rotatable bonds is 5. The molecule has 0 saturated carbocycles. The molecule has 0 aromatic carbocycles. The van der Waals surface area contributed by atoms with Crippen LogP contribution in [-0.2, 0) is 18.3 Å². The Morgan fingerprint density at radius 3 is 2.81 bits per heavy atom. The molecule has 0 atom stereocenters. The molecular weight excluding hydrogens is 332 g/mol. The van der Waals surface area contributed by atoms with Gasteiger partial charge < -0.3 is 24.3 Å². The number of morpholine rings is 1. The van der Waals surface area contributed by atoms with Crippen molar-refractivity contribution >= 4 is 22.7 Å². The predicted molar refractivity (Wildman–Crippen MR) is 99.7 cm³/mol. The lowest BCUT2D eigenvalue weighted by Gasteiger charge is -2.28. The number of nitrogens with one attached hydrogen (secondary N) is 1. The van der Waals surface area contributed by atoms with Gasteiger partial charge in [-0.25, -0.2) is 15.0 Å². The van der Waals surface area contributed by atoms with Crippen molar-refractivity contribution in [2.45, 2.75) is 6.54 Å². The second kappa shape index (κ2) is 7.17. The van der Waals surface area contributed by atoms with Gasteiger partial charge in [0.1, 0.15) is 22.9 Å². The normalized spacial score (nSPS) is 14.6. The van der Waals surface area contributed by atoms with Crippen molar-refractivity contribution in [1.82, 2.24) is 19.5 Å². The predicted octanol–water partition coefficient (Wildman–Crippen LogP) is 1.82. The largest absolute Gasteiger partial charge is 0.496 e. The second-order valence-electron chi connectivity index (χ2n) is 6.22. The van der Waals surface area contributed by atoms with Gasteiger partial charge in [0.2, 0.25) is 0 Å². The van der Waals surface area contributed by atoms with Gasteiger partial charge >= 0.3 is 0 Å².